The standard InChI is InChI=1S/C14H16N2O4/c17-7-10-2-1-5-16(10)14(19)9-3-4-12-11(6-9)15-13(18)8-20-12/h3-4,6,10,17H,1-2,5,7-8H2,(H,15,18)/t10-/m0/s1. The summed E-state index contributed by atoms with van der Waals surface area (Å²) < 4.78 is 5.26. The van der Waals surface area contributed by atoms with Crippen molar-refractivity contribution in [1.29, 1.82) is 0 Å². The number of ether oxygens (including phenoxy) is 1. The maximum Gasteiger partial charge on any atom is 0.262 e. The van der Waals surface area contributed by atoms with E-state index in [4.69, 9.17) is 4.74 Å². The minimum absolute atomic E-state index is 0.000988. The number of likely N-dealkylation sites (tertiary alicyclic amines) is 1. The van der Waals surface area contributed by atoms with Crippen LogP contribution in [-0.4, -0.2) is 47.6 Å². The zero-order chi connectivity index (χ0) is 14.1. The van der Waals surface area contributed by atoms with Crippen LogP contribution in [0, 0.1) is 0 Å². The molecule has 2 heterocycles. The third kappa shape index (κ3) is 2.22. The molecule has 0 aromatic heterocycles. The Labute approximate surface area is 116 Å². The van der Waals surface area contributed by atoms with E-state index in [1.807, 2.05) is 0 Å². The Morgan fingerprint density at radius 2 is 2.35 bits per heavy atom. The minimum atomic E-state index is -0.225. The Morgan fingerprint density at radius 3 is 3.15 bits per heavy atom. The second-order valence-corrected chi connectivity index (χ2v) is 5.02. The van der Waals surface area contributed by atoms with Crippen molar-refractivity contribution >= 4 is 17.5 Å². The number of nitrogens with one attached hydrogen (secondary N) is 1. The summed E-state index contributed by atoms with van der Waals surface area (Å²) in [6, 6.07) is 4.89. The van der Waals surface area contributed by atoms with Crippen molar-refractivity contribution in [3.63, 3.8) is 0 Å². The van der Waals surface area contributed by atoms with E-state index in [1.165, 1.54) is 0 Å². The van der Waals surface area contributed by atoms with Crippen LogP contribution in [0.25, 0.3) is 0 Å². The predicted octanol–water partition coefficient (Wildman–Crippen LogP) is 0.614. The van der Waals surface area contributed by atoms with Crippen LogP contribution in [0.3, 0.4) is 0 Å². The van der Waals surface area contributed by atoms with Crippen molar-refractivity contribution in [3.8, 4) is 5.75 Å². The number of rotatable bonds is 2. The van der Waals surface area contributed by atoms with Crippen LogP contribution in [-0.2, 0) is 4.79 Å². The maximum atomic E-state index is 12.4. The first-order chi connectivity index (χ1) is 9.69. The molecule has 0 bridgehead atoms. The van der Waals surface area contributed by atoms with Gasteiger partial charge in [-0.1, -0.05) is 0 Å². The largest absolute Gasteiger partial charge is 0.482 e. The molecule has 1 aromatic carbocycles. The molecule has 2 amide bonds. The molecule has 1 fully saturated rings. The summed E-state index contributed by atoms with van der Waals surface area (Å²) in [6.07, 6.45) is 1.73. The van der Waals surface area contributed by atoms with Crippen LogP contribution < -0.4 is 10.1 Å². The average molecular weight is 276 g/mol. The van der Waals surface area contributed by atoms with Gasteiger partial charge in [0, 0.05) is 12.1 Å². The van der Waals surface area contributed by atoms with Crippen LogP contribution in [0.15, 0.2) is 18.2 Å². The average Bonchev–Trinajstić information content (AvgIpc) is 2.94. The van der Waals surface area contributed by atoms with E-state index < -0.39 is 0 Å². The molecule has 3 rings (SSSR count). The molecule has 2 aliphatic rings. The lowest BCUT2D eigenvalue weighted by molar-refractivity contribution is -0.118. The van der Waals surface area contributed by atoms with Gasteiger partial charge in [-0.15, -0.1) is 0 Å². The number of aliphatic hydroxyl groups excluding tert-OH is 1. The van der Waals surface area contributed by atoms with E-state index >= 15 is 0 Å². The zero-order valence-corrected chi connectivity index (χ0v) is 11.0. The fourth-order valence-electron chi connectivity index (χ4n) is 2.67. The van der Waals surface area contributed by atoms with Gasteiger partial charge in [-0.2, -0.15) is 0 Å². The smallest absolute Gasteiger partial charge is 0.262 e. The number of benzene rings is 1. The molecule has 1 aromatic rings. The van der Waals surface area contributed by atoms with E-state index in [1.54, 1.807) is 23.1 Å². The fourth-order valence-corrected chi connectivity index (χ4v) is 2.67. The molecule has 0 unspecified atom stereocenters. The molecule has 2 N–H and O–H groups in total. The van der Waals surface area contributed by atoms with Crippen molar-refractivity contribution in [2.24, 2.45) is 0 Å². The monoisotopic (exact) mass is 276 g/mol. The number of hydrogen-bond acceptors (Lipinski definition) is 4. The normalized spacial score (nSPS) is 21.1. The highest BCUT2D eigenvalue weighted by Crippen LogP contribution is 2.29. The summed E-state index contributed by atoms with van der Waals surface area (Å²) in [5, 5.41) is 12.0. The van der Waals surface area contributed by atoms with Crippen LogP contribution in [0.1, 0.15) is 23.2 Å². The number of carbonyl (C=O) groups excluding carboxylic acids is 2. The second-order valence-electron chi connectivity index (χ2n) is 5.02. The lowest BCUT2D eigenvalue weighted by Gasteiger charge is -2.24. The molecule has 2 aliphatic heterocycles. The van der Waals surface area contributed by atoms with Gasteiger partial charge >= 0.3 is 0 Å². The molecule has 6 nitrogen and oxygen atoms in total. The summed E-state index contributed by atoms with van der Waals surface area (Å²) >= 11 is 0. The van der Waals surface area contributed by atoms with Gasteiger partial charge in [0.05, 0.1) is 18.3 Å². The number of amides is 2. The highest BCUT2D eigenvalue weighted by Gasteiger charge is 2.29. The summed E-state index contributed by atoms with van der Waals surface area (Å²) in [4.78, 5) is 25.4. The second kappa shape index (κ2) is 5.13. The number of aliphatic hydroxyl groups is 1. The van der Waals surface area contributed by atoms with Crippen molar-refractivity contribution in [1.82, 2.24) is 4.90 Å². The van der Waals surface area contributed by atoms with E-state index in [-0.39, 0.29) is 31.1 Å². The third-order valence-corrected chi connectivity index (χ3v) is 3.71. The van der Waals surface area contributed by atoms with Crippen LogP contribution in [0.5, 0.6) is 5.75 Å². The highest BCUT2D eigenvalue weighted by molar-refractivity contribution is 6.00. The zero-order valence-electron chi connectivity index (χ0n) is 11.0. The minimum Gasteiger partial charge on any atom is -0.482 e. The fraction of sp³-hybridized carbons (Fsp3) is 0.429. The van der Waals surface area contributed by atoms with Crippen molar-refractivity contribution in [2.75, 3.05) is 25.1 Å². The van der Waals surface area contributed by atoms with Crippen LogP contribution >= 0.6 is 0 Å². The van der Waals surface area contributed by atoms with Gasteiger partial charge in [-0.25, -0.2) is 0 Å². The maximum absolute atomic E-state index is 12.4. The Bertz CT molecular complexity index is 558. The molecule has 106 valence electrons. The van der Waals surface area contributed by atoms with Gasteiger partial charge in [0.1, 0.15) is 5.75 Å². The molecule has 0 aliphatic carbocycles. The van der Waals surface area contributed by atoms with Gasteiger partial charge in [0.25, 0.3) is 11.8 Å². The SMILES string of the molecule is O=C1COc2ccc(C(=O)N3CCC[C@H]3CO)cc2N1. The molecule has 1 saturated heterocycles. The molecule has 1 atom stereocenters. The van der Waals surface area contributed by atoms with Gasteiger partial charge < -0.3 is 20.1 Å². The lowest BCUT2D eigenvalue weighted by Crippen LogP contribution is -2.37. The molecular weight excluding hydrogens is 260 g/mol. The molecule has 0 radical (unpaired) electrons. The summed E-state index contributed by atoms with van der Waals surface area (Å²) in [5.74, 6) is 0.224. The van der Waals surface area contributed by atoms with Crippen molar-refractivity contribution in [2.45, 2.75) is 18.9 Å². The van der Waals surface area contributed by atoms with Crippen LogP contribution in [0.4, 0.5) is 5.69 Å². The number of hydrogen-bond donors (Lipinski definition) is 2. The number of carbonyl (C=O) groups is 2. The molecule has 0 spiro atoms. The van der Waals surface area contributed by atoms with Crippen molar-refractivity contribution < 1.29 is 19.4 Å². The highest BCUT2D eigenvalue weighted by atomic mass is 16.5. The quantitative estimate of drug-likeness (QED) is 0.829. The van der Waals surface area contributed by atoms with E-state index in [2.05, 4.69) is 5.32 Å². The summed E-state index contributed by atoms with van der Waals surface area (Å²) in [5.41, 5.74) is 1.02. The van der Waals surface area contributed by atoms with Crippen LogP contribution in [0.2, 0.25) is 0 Å². The molecule has 20 heavy (non-hydrogen) atoms. The first-order valence-electron chi connectivity index (χ1n) is 6.67. The Balaban J connectivity index is 1.85. The van der Waals surface area contributed by atoms with Crippen molar-refractivity contribution in [3.05, 3.63) is 23.8 Å². The van der Waals surface area contributed by atoms with Gasteiger partial charge in [-0.3, -0.25) is 9.59 Å². The van der Waals surface area contributed by atoms with Gasteiger partial charge in [0.2, 0.25) is 0 Å². The van der Waals surface area contributed by atoms with E-state index in [9.17, 15) is 14.7 Å². The summed E-state index contributed by atoms with van der Waals surface area (Å²) in [7, 11) is 0. The predicted molar refractivity (Wildman–Crippen MR) is 71.7 cm³/mol. The first kappa shape index (κ1) is 12.9. The Hall–Kier alpha value is -2.08. The molecule has 6 heteroatoms. The third-order valence-electron chi connectivity index (χ3n) is 3.71. The Kier molecular flexibility index (Phi) is 3.31. The van der Waals surface area contributed by atoms with Gasteiger partial charge in [-0.05, 0) is 31.0 Å². The van der Waals surface area contributed by atoms with Gasteiger partial charge in [0.15, 0.2) is 6.61 Å². The number of anilines is 1. The number of fused-ring (bicyclic) bond motifs is 1. The van der Waals surface area contributed by atoms with E-state index in [0.717, 1.165) is 12.8 Å². The molecular formula is C14H16N2O4. The number of nitrogens with zero attached hydrogens (tertiary/aromatic N) is 1. The summed E-state index contributed by atoms with van der Waals surface area (Å²) in [6.45, 7) is 0.638. The topological polar surface area (TPSA) is 78.9 Å². The first-order valence-corrected chi connectivity index (χ1v) is 6.67. The van der Waals surface area contributed by atoms with E-state index in [0.29, 0.717) is 23.5 Å². The lowest BCUT2D eigenvalue weighted by atomic mass is 10.1. The Morgan fingerprint density at radius 1 is 1.50 bits per heavy atom. The molecule has 0 saturated carbocycles.